The lowest BCUT2D eigenvalue weighted by molar-refractivity contribution is 0.423. The first-order valence-corrected chi connectivity index (χ1v) is 6.68. The third-order valence-electron chi connectivity index (χ3n) is 3.77. The van der Waals surface area contributed by atoms with Crippen LogP contribution in [0.5, 0.6) is 0 Å². The monoisotopic (exact) mass is 277 g/mol. The molecule has 1 aliphatic rings. The Labute approximate surface area is 104 Å². The molecule has 0 saturated carbocycles. The minimum atomic E-state index is 0.305. The molecule has 0 saturated heterocycles. The highest BCUT2D eigenvalue weighted by Gasteiger charge is 2.30. The quantitative estimate of drug-likeness (QED) is 0.728. The van der Waals surface area contributed by atoms with Crippen molar-refractivity contribution in [2.24, 2.45) is 0 Å². The number of aromatic nitrogens is 1. The zero-order valence-corrected chi connectivity index (χ0v) is 11.3. The van der Waals surface area contributed by atoms with Crippen LogP contribution in [-0.4, -0.2) is 4.98 Å². The SMILES string of the molecule is CC1(C)CCCc2c1[nH]c1ccc(Br)cc21. The van der Waals surface area contributed by atoms with Gasteiger partial charge in [0.1, 0.15) is 0 Å². The molecule has 3 rings (SSSR count). The van der Waals surface area contributed by atoms with Gasteiger partial charge >= 0.3 is 0 Å². The molecule has 1 aromatic heterocycles. The van der Waals surface area contributed by atoms with Gasteiger partial charge in [0.15, 0.2) is 0 Å². The molecular weight excluding hydrogens is 262 g/mol. The van der Waals surface area contributed by atoms with Crippen molar-refractivity contribution in [1.29, 1.82) is 0 Å². The molecule has 1 aliphatic carbocycles. The van der Waals surface area contributed by atoms with Gasteiger partial charge in [-0.25, -0.2) is 0 Å². The maximum absolute atomic E-state index is 3.61. The van der Waals surface area contributed by atoms with E-state index >= 15 is 0 Å². The fourth-order valence-electron chi connectivity index (χ4n) is 2.89. The molecule has 16 heavy (non-hydrogen) atoms. The Morgan fingerprint density at radius 2 is 2.12 bits per heavy atom. The summed E-state index contributed by atoms with van der Waals surface area (Å²) in [6.45, 7) is 4.69. The predicted molar refractivity (Wildman–Crippen MR) is 72.0 cm³/mol. The van der Waals surface area contributed by atoms with E-state index in [1.54, 1.807) is 0 Å². The number of aromatic amines is 1. The van der Waals surface area contributed by atoms with Crippen molar-refractivity contribution in [1.82, 2.24) is 4.98 Å². The number of rotatable bonds is 0. The highest BCUT2D eigenvalue weighted by molar-refractivity contribution is 9.10. The second-order valence-electron chi connectivity index (χ2n) is 5.41. The molecule has 2 aromatic rings. The van der Waals surface area contributed by atoms with E-state index in [4.69, 9.17) is 0 Å². The Morgan fingerprint density at radius 3 is 2.94 bits per heavy atom. The number of hydrogen-bond donors (Lipinski definition) is 1. The average Bonchev–Trinajstić information content (AvgIpc) is 2.58. The molecule has 0 amide bonds. The Bertz CT molecular complexity index is 551. The van der Waals surface area contributed by atoms with Crippen molar-refractivity contribution in [2.75, 3.05) is 0 Å². The minimum Gasteiger partial charge on any atom is -0.358 e. The summed E-state index contributed by atoms with van der Waals surface area (Å²) < 4.78 is 1.17. The summed E-state index contributed by atoms with van der Waals surface area (Å²) in [5, 5.41) is 1.40. The zero-order valence-electron chi connectivity index (χ0n) is 9.73. The summed E-state index contributed by atoms with van der Waals surface area (Å²) in [6, 6.07) is 6.52. The van der Waals surface area contributed by atoms with Crippen LogP contribution < -0.4 is 0 Å². The smallest absolute Gasteiger partial charge is 0.0459 e. The van der Waals surface area contributed by atoms with Crippen molar-refractivity contribution in [3.63, 3.8) is 0 Å². The molecule has 1 aromatic carbocycles. The highest BCUT2D eigenvalue weighted by Crippen LogP contribution is 2.40. The van der Waals surface area contributed by atoms with E-state index in [0.717, 1.165) is 0 Å². The lowest BCUT2D eigenvalue weighted by Gasteiger charge is -2.29. The first-order valence-electron chi connectivity index (χ1n) is 5.88. The van der Waals surface area contributed by atoms with Gasteiger partial charge in [-0.2, -0.15) is 0 Å². The Morgan fingerprint density at radius 1 is 1.31 bits per heavy atom. The molecule has 0 unspecified atom stereocenters. The maximum Gasteiger partial charge on any atom is 0.0459 e. The molecule has 0 aliphatic heterocycles. The van der Waals surface area contributed by atoms with Gasteiger partial charge in [-0.3, -0.25) is 0 Å². The van der Waals surface area contributed by atoms with Gasteiger partial charge in [-0.05, 0) is 43.0 Å². The summed E-state index contributed by atoms with van der Waals surface area (Å²) >= 11 is 3.56. The predicted octanol–water partition coefficient (Wildman–Crippen LogP) is 4.54. The zero-order chi connectivity index (χ0) is 11.3. The van der Waals surface area contributed by atoms with Crippen LogP contribution in [-0.2, 0) is 11.8 Å². The second-order valence-corrected chi connectivity index (χ2v) is 6.32. The number of benzene rings is 1. The Kier molecular flexibility index (Phi) is 2.19. The second kappa shape index (κ2) is 3.36. The third-order valence-corrected chi connectivity index (χ3v) is 4.27. The molecule has 1 heterocycles. The molecule has 84 valence electrons. The fraction of sp³-hybridized carbons (Fsp3) is 0.429. The van der Waals surface area contributed by atoms with Gasteiger partial charge < -0.3 is 4.98 Å². The molecule has 2 heteroatoms. The number of halogens is 1. The first kappa shape index (κ1) is 10.4. The van der Waals surface area contributed by atoms with Crippen LogP contribution in [0, 0.1) is 0 Å². The molecule has 1 nitrogen and oxygen atoms in total. The van der Waals surface area contributed by atoms with E-state index in [9.17, 15) is 0 Å². The van der Waals surface area contributed by atoms with E-state index in [2.05, 4.69) is 53.0 Å². The van der Waals surface area contributed by atoms with Crippen LogP contribution in [0.3, 0.4) is 0 Å². The molecule has 0 fully saturated rings. The highest BCUT2D eigenvalue weighted by atomic mass is 79.9. The molecule has 1 N–H and O–H groups in total. The fourth-order valence-corrected chi connectivity index (χ4v) is 3.25. The van der Waals surface area contributed by atoms with Crippen LogP contribution >= 0.6 is 15.9 Å². The van der Waals surface area contributed by atoms with Crippen molar-refractivity contribution in [3.8, 4) is 0 Å². The Hall–Kier alpha value is -0.760. The van der Waals surface area contributed by atoms with Gasteiger partial charge in [0.25, 0.3) is 0 Å². The molecule has 0 radical (unpaired) electrons. The first-order chi connectivity index (χ1) is 7.58. The van der Waals surface area contributed by atoms with Crippen LogP contribution in [0.25, 0.3) is 10.9 Å². The average molecular weight is 278 g/mol. The van der Waals surface area contributed by atoms with Gasteiger partial charge in [-0.15, -0.1) is 0 Å². The molecule has 0 atom stereocenters. The van der Waals surface area contributed by atoms with E-state index in [0.29, 0.717) is 5.41 Å². The summed E-state index contributed by atoms with van der Waals surface area (Å²) in [5.74, 6) is 0. The van der Waals surface area contributed by atoms with E-state index < -0.39 is 0 Å². The van der Waals surface area contributed by atoms with E-state index in [1.807, 2.05) is 0 Å². The number of hydrogen-bond acceptors (Lipinski definition) is 0. The van der Waals surface area contributed by atoms with Gasteiger partial charge in [0.05, 0.1) is 0 Å². The topological polar surface area (TPSA) is 15.8 Å². The summed E-state index contributed by atoms with van der Waals surface area (Å²) in [7, 11) is 0. The summed E-state index contributed by atoms with van der Waals surface area (Å²) in [4.78, 5) is 3.61. The van der Waals surface area contributed by atoms with Crippen LogP contribution in [0.1, 0.15) is 37.9 Å². The van der Waals surface area contributed by atoms with Crippen molar-refractivity contribution in [2.45, 2.75) is 38.5 Å². The molecule has 0 bridgehead atoms. The largest absolute Gasteiger partial charge is 0.358 e. The van der Waals surface area contributed by atoms with Gasteiger partial charge in [0.2, 0.25) is 0 Å². The van der Waals surface area contributed by atoms with Crippen LogP contribution in [0.15, 0.2) is 22.7 Å². The van der Waals surface area contributed by atoms with E-state index in [-0.39, 0.29) is 0 Å². The van der Waals surface area contributed by atoms with Gasteiger partial charge in [0, 0.05) is 26.5 Å². The van der Waals surface area contributed by atoms with Gasteiger partial charge in [-0.1, -0.05) is 29.8 Å². The molecular formula is C14H16BrN. The van der Waals surface area contributed by atoms with Crippen LogP contribution in [0.4, 0.5) is 0 Å². The lowest BCUT2D eigenvalue weighted by Crippen LogP contribution is -2.23. The van der Waals surface area contributed by atoms with E-state index in [1.165, 1.54) is 45.9 Å². The number of H-pyrrole nitrogens is 1. The van der Waals surface area contributed by atoms with Crippen molar-refractivity contribution in [3.05, 3.63) is 33.9 Å². The lowest BCUT2D eigenvalue weighted by atomic mass is 9.76. The normalized spacial score (nSPS) is 18.7. The summed E-state index contributed by atoms with van der Waals surface area (Å²) in [5.41, 5.74) is 4.57. The number of aryl methyl sites for hydroxylation is 1. The standard InChI is InChI=1S/C14H16BrN/c1-14(2)7-3-4-10-11-8-9(15)5-6-12(11)16-13(10)14/h5-6,8,16H,3-4,7H2,1-2H3. The summed E-state index contributed by atoms with van der Waals surface area (Å²) in [6.07, 6.45) is 3.81. The Balaban J connectivity index is 2.33. The minimum absolute atomic E-state index is 0.305. The molecule has 0 spiro atoms. The van der Waals surface area contributed by atoms with Crippen molar-refractivity contribution >= 4 is 26.8 Å². The van der Waals surface area contributed by atoms with Crippen LogP contribution in [0.2, 0.25) is 0 Å². The third kappa shape index (κ3) is 1.43. The number of fused-ring (bicyclic) bond motifs is 3. The maximum atomic E-state index is 3.61. The van der Waals surface area contributed by atoms with Crippen molar-refractivity contribution < 1.29 is 0 Å². The number of nitrogens with one attached hydrogen (secondary N) is 1.